The van der Waals surface area contributed by atoms with Gasteiger partial charge in [0.25, 0.3) is 10.0 Å². The van der Waals surface area contributed by atoms with Crippen LogP contribution in [0.3, 0.4) is 0 Å². The summed E-state index contributed by atoms with van der Waals surface area (Å²) in [6, 6.07) is 8.26. The van der Waals surface area contributed by atoms with E-state index < -0.39 is 24.9 Å². The minimum absolute atomic E-state index is 0.344. The van der Waals surface area contributed by atoms with Crippen LogP contribution in [-0.4, -0.2) is 20.8 Å². The van der Waals surface area contributed by atoms with Gasteiger partial charge in [-0.3, -0.25) is 0 Å². The molecule has 0 saturated carbocycles. The Bertz CT molecular complexity index is 762. The maximum absolute atomic E-state index is 12.2. The molecule has 0 aliphatic rings. The molecule has 0 spiro atoms. The normalized spacial score (nSPS) is 12.5. The SMILES string of the molecule is NS(=O)(=O)c1ccccc1S(=O)(=O)n1cccc1. The third kappa shape index (κ3) is 2.17. The summed E-state index contributed by atoms with van der Waals surface area (Å²) in [5.41, 5.74) is 0. The Morgan fingerprint density at radius 3 is 1.83 bits per heavy atom. The highest BCUT2D eigenvalue weighted by atomic mass is 32.2. The van der Waals surface area contributed by atoms with Gasteiger partial charge in [0.1, 0.15) is 9.79 Å². The third-order valence-corrected chi connectivity index (χ3v) is 5.10. The quantitative estimate of drug-likeness (QED) is 0.881. The lowest BCUT2D eigenvalue weighted by atomic mass is 10.4. The first kappa shape index (κ1) is 12.8. The van der Waals surface area contributed by atoms with Gasteiger partial charge in [0.2, 0.25) is 10.0 Å². The summed E-state index contributed by atoms with van der Waals surface area (Å²) in [5.74, 6) is 0. The molecular formula is C10H10N2O4S2. The van der Waals surface area contributed by atoms with Crippen molar-refractivity contribution < 1.29 is 16.8 Å². The summed E-state index contributed by atoms with van der Waals surface area (Å²) in [6.07, 6.45) is 2.63. The van der Waals surface area contributed by atoms with Gasteiger partial charge in [0, 0.05) is 12.4 Å². The number of benzene rings is 1. The lowest BCUT2D eigenvalue weighted by molar-refractivity contribution is 0.578. The van der Waals surface area contributed by atoms with Gasteiger partial charge < -0.3 is 0 Å². The average Bonchev–Trinajstić information content (AvgIpc) is 2.82. The topological polar surface area (TPSA) is 99.2 Å². The van der Waals surface area contributed by atoms with Gasteiger partial charge in [-0.15, -0.1) is 0 Å². The van der Waals surface area contributed by atoms with E-state index in [0.29, 0.717) is 0 Å². The number of primary sulfonamides is 1. The average molecular weight is 286 g/mol. The summed E-state index contributed by atoms with van der Waals surface area (Å²) in [6.45, 7) is 0. The largest absolute Gasteiger partial charge is 0.268 e. The predicted molar refractivity (Wildman–Crippen MR) is 64.8 cm³/mol. The fourth-order valence-corrected chi connectivity index (χ4v) is 4.03. The van der Waals surface area contributed by atoms with E-state index in [1.165, 1.54) is 42.7 Å². The zero-order valence-corrected chi connectivity index (χ0v) is 10.7. The summed E-state index contributed by atoms with van der Waals surface area (Å²) < 4.78 is 48.1. The summed E-state index contributed by atoms with van der Waals surface area (Å²) in [5, 5.41) is 5.01. The molecule has 2 rings (SSSR count). The van der Waals surface area contributed by atoms with Gasteiger partial charge >= 0.3 is 0 Å². The lowest BCUT2D eigenvalue weighted by Gasteiger charge is -2.09. The highest BCUT2D eigenvalue weighted by Crippen LogP contribution is 2.21. The molecule has 1 heterocycles. The molecule has 18 heavy (non-hydrogen) atoms. The van der Waals surface area contributed by atoms with E-state index in [1.807, 2.05) is 0 Å². The molecule has 1 aromatic carbocycles. The number of hydrogen-bond donors (Lipinski definition) is 1. The first-order valence-electron chi connectivity index (χ1n) is 4.84. The second-order valence-electron chi connectivity index (χ2n) is 3.51. The van der Waals surface area contributed by atoms with Crippen LogP contribution in [0.25, 0.3) is 0 Å². The van der Waals surface area contributed by atoms with Gasteiger partial charge in [0.15, 0.2) is 0 Å². The Morgan fingerprint density at radius 1 is 0.833 bits per heavy atom. The molecule has 0 aliphatic carbocycles. The minimum Gasteiger partial charge on any atom is -0.249 e. The number of nitrogens with two attached hydrogens (primary N) is 1. The van der Waals surface area contributed by atoms with Crippen LogP contribution in [0.15, 0.2) is 58.6 Å². The van der Waals surface area contributed by atoms with Crippen LogP contribution in [0, 0.1) is 0 Å². The molecule has 6 nitrogen and oxygen atoms in total. The van der Waals surface area contributed by atoms with Crippen molar-refractivity contribution >= 4 is 20.0 Å². The molecule has 2 aromatic rings. The molecule has 2 N–H and O–H groups in total. The fourth-order valence-electron chi connectivity index (χ4n) is 1.49. The molecule has 1 aromatic heterocycles. The number of nitrogens with zero attached hydrogens (tertiary/aromatic N) is 1. The van der Waals surface area contributed by atoms with Crippen LogP contribution >= 0.6 is 0 Å². The molecule has 0 amide bonds. The monoisotopic (exact) mass is 286 g/mol. The molecule has 0 unspecified atom stereocenters. The van der Waals surface area contributed by atoms with E-state index in [4.69, 9.17) is 5.14 Å². The molecule has 0 saturated heterocycles. The van der Waals surface area contributed by atoms with Crippen molar-refractivity contribution in [3.05, 3.63) is 48.8 Å². The maximum atomic E-state index is 12.2. The van der Waals surface area contributed by atoms with Crippen molar-refractivity contribution in [3.8, 4) is 0 Å². The van der Waals surface area contributed by atoms with Crippen molar-refractivity contribution in [2.75, 3.05) is 0 Å². The second-order valence-corrected chi connectivity index (χ2v) is 6.85. The molecule has 0 bridgehead atoms. The van der Waals surface area contributed by atoms with Crippen LogP contribution < -0.4 is 5.14 Å². The van der Waals surface area contributed by atoms with Gasteiger partial charge in [-0.2, -0.15) is 0 Å². The van der Waals surface area contributed by atoms with Gasteiger partial charge in [-0.25, -0.2) is 25.9 Å². The Balaban J connectivity index is 2.75. The molecule has 0 fully saturated rings. The molecular weight excluding hydrogens is 276 g/mol. The summed E-state index contributed by atoms with van der Waals surface area (Å²) in [4.78, 5) is -0.762. The highest BCUT2D eigenvalue weighted by Gasteiger charge is 2.24. The zero-order chi connectivity index (χ0) is 13.4. The smallest absolute Gasteiger partial charge is 0.249 e. The zero-order valence-electron chi connectivity index (χ0n) is 9.09. The maximum Gasteiger partial charge on any atom is 0.268 e. The number of aromatic nitrogens is 1. The molecule has 96 valence electrons. The van der Waals surface area contributed by atoms with Crippen LogP contribution in [0.5, 0.6) is 0 Å². The summed E-state index contributed by atoms with van der Waals surface area (Å²) >= 11 is 0. The number of rotatable bonds is 3. The predicted octanol–water partition coefficient (Wildman–Crippen LogP) is 0.372. The molecule has 8 heteroatoms. The second kappa shape index (κ2) is 4.23. The highest BCUT2D eigenvalue weighted by molar-refractivity contribution is 7.92. The Hall–Kier alpha value is -1.64. The van der Waals surface area contributed by atoms with Crippen molar-refractivity contribution in [2.24, 2.45) is 5.14 Å². The standard InChI is InChI=1S/C10H10N2O4S2/c11-17(13,14)9-5-1-2-6-10(9)18(15,16)12-7-3-4-8-12/h1-8H,(H2,11,13,14). The van der Waals surface area contributed by atoms with Gasteiger partial charge in [0.05, 0.1) is 0 Å². The third-order valence-electron chi connectivity index (χ3n) is 2.29. The van der Waals surface area contributed by atoms with Crippen molar-refractivity contribution in [1.29, 1.82) is 0 Å². The van der Waals surface area contributed by atoms with Crippen molar-refractivity contribution in [3.63, 3.8) is 0 Å². The van der Waals surface area contributed by atoms with E-state index in [9.17, 15) is 16.8 Å². The molecule has 0 aliphatic heterocycles. The van der Waals surface area contributed by atoms with Crippen LogP contribution in [0.1, 0.15) is 0 Å². The molecule has 0 atom stereocenters. The van der Waals surface area contributed by atoms with Crippen LogP contribution in [-0.2, 0) is 20.0 Å². The minimum atomic E-state index is -4.10. The first-order chi connectivity index (χ1) is 8.33. The Morgan fingerprint density at radius 2 is 1.33 bits per heavy atom. The van der Waals surface area contributed by atoms with Crippen molar-refractivity contribution in [1.82, 2.24) is 3.97 Å². The summed E-state index contributed by atoms with van der Waals surface area (Å²) in [7, 11) is -8.05. The first-order valence-corrected chi connectivity index (χ1v) is 7.82. The number of sulfonamides is 1. The fraction of sp³-hybridized carbons (Fsp3) is 0. The van der Waals surface area contributed by atoms with Crippen LogP contribution in [0.2, 0.25) is 0 Å². The number of hydrogen-bond acceptors (Lipinski definition) is 4. The van der Waals surface area contributed by atoms with E-state index in [1.54, 1.807) is 0 Å². The van der Waals surface area contributed by atoms with Crippen LogP contribution in [0.4, 0.5) is 0 Å². The van der Waals surface area contributed by atoms with E-state index in [2.05, 4.69) is 0 Å². The Kier molecular flexibility index (Phi) is 3.01. The van der Waals surface area contributed by atoms with Gasteiger partial charge in [-0.05, 0) is 24.3 Å². The van der Waals surface area contributed by atoms with E-state index in [0.717, 1.165) is 10.0 Å². The Labute approximate surface area is 105 Å². The van der Waals surface area contributed by atoms with Crippen molar-refractivity contribution in [2.45, 2.75) is 9.79 Å². The lowest BCUT2D eigenvalue weighted by Crippen LogP contribution is -2.19. The molecule has 0 radical (unpaired) electrons. The van der Waals surface area contributed by atoms with E-state index >= 15 is 0 Å². The van der Waals surface area contributed by atoms with Gasteiger partial charge in [-0.1, -0.05) is 12.1 Å². The van der Waals surface area contributed by atoms with E-state index in [-0.39, 0.29) is 4.90 Å².